The van der Waals surface area contributed by atoms with Crippen molar-refractivity contribution in [2.24, 2.45) is 0 Å². The molecule has 3 aromatic rings. The summed E-state index contributed by atoms with van der Waals surface area (Å²) in [5.74, 6) is 0.795. The zero-order valence-electron chi connectivity index (χ0n) is 9.49. The molecule has 2 N–H and O–H groups in total. The molecule has 8 heteroatoms. The third-order valence-electron chi connectivity index (χ3n) is 2.33. The van der Waals surface area contributed by atoms with Gasteiger partial charge < -0.3 is 10.3 Å². The van der Waals surface area contributed by atoms with Crippen molar-refractivity contribution in [1.29, 1.82) is 0 Å². The van der Waals surface area contributed by atoms with E-state index < -0.39 is 0 Å². The molecule has 3 aromatic heterocycles. The minimum atomic E-state index is 0.207. The Morgan fingerprint density at radius 3 is 2.63 bits per heavy atom. The average molecular weight is 319 g/mol. The molecule has 0 atom stereocenters. The topological polar surface area (TPSA) is 104 Å². The first-order valence-corrected chi connectivity index (χ1v) is 6.06. The standard InChI is InChI=1S/C11H7BrN6O/c12-6-2-1-3-14-7(6)10-17-11(19-18-10)8-9(13)16-5-4-15-8/h1-5H,(H2,13,16). The van der Waals surface area contributed by atoms with Gasteiger partial charge in [-0.3, -0.25) is 4.98 Å². The largest absolute Gasteiger partial charge is 0.382 e. The zero-order chi connectivity index (χ0) is 13.2. The van der Waals surface area contributed by atoms with Gasteiger partial charge >= 0.3 is 0 Å². The predicted molar refractivity (Wildman–Crippen MR) is 70.7 cm³/mol. The Labute approximate surface area is 116 Å². The highest BCUT2D eigenvalue weighted by Crippen LogP contribution is 2.26. The molecule has 0 aliphatic rings. The lowest BCUT2D eigenvalue weighted by Crippen LogP contribution is -1.96. The number of hydrogen-bond donors (Lipinski definition) is 1. The molecular weight excluding hydrogens is 312 g/mol. The Bertz CT molecular complexity index is 668. The van der Waals surface area contributed by atoms with Crippen molar-refractivity contribution >= 4 is 21.7 Å². The van der Waals surface area contributed by atoms with E-state index in [0.29, 0.717) is 17.2 Å². The van der Waals surface area contributed by atoms with Crippen LogP contribution >= 0.6 is 15.9 Å². The van der Waals surface area contributed by atoms with Crippen molar-refractivity contribution in [2.75, 3.05) is 5.73 Å². The number of hydrogen-bond acceptors (Lipinski definition) is 7. The number of nitrogens with zero attached hydrogens (tertiary/aromatic N) is 5. The summed E-state index contributed by atoms with van der Waals surface area (Å²) in [6.07, 6.45) is 4.64. The van der Waals surface area contributed by atoms with E-state index in [0.717, 1.165) is 4.47 Å². The van der Waals surface area contributed by atoms with Crippen molar-refractivity contribution in [3.8, 4) is 23.1 Å². The molecule has 0 saturated heterocycles. The van der Waals surface area contributed by atoms with E-state index in [-0.39, 0.29) is 11.7 Å². The Hall–Kier alpha value is -2.35. The van der Waals surface area contributed by atoms with Crippen molar-refractivity contribution in [3.05, 3.63) is 35.2 Å². The van der Waals surface area contributed by atoms with Crippen LogP contribution in [0.3, 0.4) is 0 Å². The Kier molecular flexibility index (Phi) is 2.92. The van der Waals surface area contributed by atoms with Gasteiger partial charge in [-0.05, 0) is 28.1 Å². The number of nitrogens with two attached hydrogens (primary N) is 1. The van der Waals surface area contributed by atoms with Crippen LogP contribution in [-0.2, 0) is 0 Å². The van der Waals surface area contributed by atoms with Crippen LogP contribution in [0.25, 0.3) is 23.1 Å². The van der Waals surface area contributed by atoms with Gasteiger partial charge in [0.05, 0.1) is 0 Å². The van der Waals surface area contributed by atoms with Gasteiger partial charge in [-0.25, -0.2) is 9.97 Å². The van der Waals surface area contributed by atoms with Gasteiger partial charge in [-0.1, -0.05) is 5.16 Å². The van der Waals surface area contributed by atoms with E-state index >= 15 is 0 Å². The number of halogens is 1. The van der Waals surface area contributed by atoms with Crippen LogP contribution in [0.4, 0.5) is 5.82 Å². The Morgan fingerprint density at radius 2 is 1.84 bits per heavy atom. The summed E-state index contributed by atoms with van der Waals surface area (Å²) < 4.78 is 5.91. The Balaban J connectivity index is 2.06. The van der Waals surface area contributed by atoms with Crippen LogP contribution in [0, 0.1) is 0 Å². The summed E-state index contributed by atoms with van der Waals surface area (Å²) in [7, 11) is 0. The first kappa shape index (κ1) is 11.7. The molecule has 0 aromatic carbocycles. The van der Waals surface area contributed by atoms with E-state index in [1.807, 2.05) is 6.07 Å². The van der Waals surface area contributed by atoms with Crippen LogP contribution in [0.1, 0.15) is 0 Å². The van der Waals surface area contributed by atoms with E-state index in [1.165, 1.54) is 12.4 Å². The van der Waals surface area contributed by atoms with Gasteiger partial charge in [0.25, 0.3) is 5.89 Å². The summed E-state index contributed by atoms with van der Waals surface area (Å²) in [6, 6.07) is 3.64. The summed E-state index contributed by atoms with van der Waals surface area (Å²) in [4.78, 5) is 16.4. The monoisotopic (exact) mass is 318 g/mol. The van der Waals surface area contributed by atoms with Crippen molar-refractivity contribution in [1.82, 2.24) is 25.1 Å². The minimum Gasteiger partial charge on any atom is -0.382 e. The summed E-state index contributed by atoms with van der Waals surface area (Å²) in [6.45, 7) is 0. The molecule has 7 nitrogen and oxygen atoms in total. The van der Waals surface area contributed by atoms with E-state index in [4.69, 9.17) is 10.3 Å². The van der Waals surface area contributed by atoms with Gasteiger partial charge in [0.15, 0.2) is 11.5 Å². The molecule has 0 fully saturated rings. The number of nitrogen functional groups attached to an aromatic ring is 1. The summed E-state index contributed by atoms with van der Waals surface area (Å²) >= 11 is 3.38. The fourth-order valence-electron chi connectivity index (χ4n) is 1.48. The second-order valence-electron chi connectivity index (χ2n) is 3.55. The maximum atomic E-state index is 5.70. The van der Waals surface area contributed by atoms with Crippen molar-refractivity contribution in [3.63, 3.8) is 0 Å². The highest BCUT2D eigenvalue weighted by molar-refractivity contribution is 9.10. The van der Waals surface area contributed by atoms with Crippen LogP contribution in [0.15, 0.2) is 39.7 Å². The molecular formula is C11H7BrN6O. The summed E-state index contributed by atoms with van der Waals surface area (Å²) in [5.41, 5.74) is 6.64. The second-order valence-corrected chi connectivity index (χ2v) is 4.40. The Morgan fingerprint density at radius 1 is 1.05 bits per heavy atom. The molecule has 0 bridgehead atoms. The predicted octanol–water partition coefficient (Wildman–Crippen LogP) is 1.93. The SMILES string of the molecule is Nc1nccnc1-c1nc(-c2ncccc2Br)no1. The van der Waals surface area contributed by atoms with Crippen LogP contribution in [-0.4, -0.2) is 25.1 Å². The summed E-state index contributed by atoms with van der Waals surface area (Å²) in [5, 5.41) is 3.86. The molecule has 0 radical (unpaired) electrons. The van der Waals surface area contributed by atoms with E-state index in [9.17, 15) is 0 Å². The normalized spacial score (nSPS) is 10.6. The number of pyridine rings is 1. The molecule has 3 rings (SSSR count). The van der Waals surface area contributed by atoms with Gasteiger partial charge in [0.2, 0.25) is 5.82 Å². The van der Waals surface area contributed by atoms with E-state index in [1.54, 1.807) is 12.3 Å². The maximum absolute atomic E-state index is 5.70. The van der Waals surface area contributed by atoms with Gasteiger partial charge in [-0.2, -0.15) is 4.98 Å². The first-order chi connectivity index (χ1) is 9.25. The number of rotatable bonds is 2. The van der Waals surface area contributed by atoms with Gasteiger partial charge in [0.1, 0.15) is 5.69 Å². The second kappa shape index (κ2) is 4.73. The molecule has 19 heavy (non-hydrogen) atoms. The fourth-order valence-corrected chi connectivity index (χ4v) is 1.91. The molecule has 0 amide bonds. The van der Waals surface area contributed by atoms with Crippen LogP contribution in [0.5, 0.6) is 0 Å². The highest BCUT2D eigenvalue weighted by Gasteiger charge is 2.16. The lowest BCUT2D eigenvalue weighted by molar-refractivity contribution is 0.431. The van der Waals surface area contributed by atoms with Crippen LogP contribution < -0.4 is 5.73 Å². The molecule has 94 valence electrons. The minimum absolute atomic E-state index is 0.207. The third-order valence-corrected chi connectivity index (χ3v) is 2.97. The lowest BCUT2D eigenvalue weighted by atomic mass is 10.3. The highest BCUT2D eigenvalue weighted by atomic mass is 79.9. The number of aromatic nitrogens is 5. The fraction of sp³-hybridized carbons (Fsp3) is 0. The number of anilines is 1. The average Bonchev–Trinajstić information content (AvgIpc) is 2.89. The molecule has 0 spiro atoms. The maximum Gasteiger partial charge on any atom is 0.280 e. The molecule has 0 saturated carbocycles. The third kappa shape index (κ3) is 2.17. The first-order valence-electron chi connectivity index (χ1n) is 5.27. The van der Waals surface area contributed by atoms with Crippen LogP contribution in [0.2, 0.25) is 0 Å². The molecule has 0 aliphatic carbocycles. The molecule has 0 unspecified atom stereocenters. The van der Waals surface area contributed by atoms with E-state index in [2.05, 4.69) is 41.0 Å². The smallest absolute Gasteiger partial charge is 0.280 e. The quantitative estimate of drug-likeness (QED) is 0.769. The zero-order valence-corrected chi connectivity index (χ0v) is 11.1. The van der Waals surface area contributed by atoms with Crippen molar-refractivity contribution < 1.29 is 4.52 Å². The lowest BCUT2D eigenvalue weighted by Gasteiger charge is -1.96. The van der Waals surface area contributed by atoms with Gasteiger partial charge in [-0.15, -0.1) is 0 Å². The molecule has 3 heterocycles. The van der Waals surface area contributed by atoms with Gasteiger partial charge in [0, 0.05) is 23.1 Å². The van der Waals surface area contributed by atoms with Crippen molar-refractivity contribution in [2.45, 2.75) is 0 Å². The molecule has 0 aliphatic heterocycles.